The fourth-order valence-electron chi connectivity index (χ4n) is 2.35. The van der Waals surface area contributed by atoms with Gasteiger partial charge in [0.25, 0.3) is 5.69 Å². The highest BCUT2D eigenvalue weighted by atomic mass is 16.6. The molecule has 0 bridgehead atoms. The van der Waals surface area contributed by atoms with Crippen LogP contribution < -0.4 is 0 Å². The molecule has 1 aliphatic carbocycles. The van der Waals surface area contributed by atoms with Crippen molar-refractivity contribution < 1.29 is 9.72 Å². The standard InChI is InChI=1S/C13H16N2O3/c1-8-7-14-11(9(2)12(8)15(17)18)6-13(4-5-13)10(3)16/h7H,4-6H2,1-3H3. The number of pyridine rings is 1. The third-order valence-electron chi connectivity index (χ3n) is 3.86. The van der Waals surface area contributed by atoms with Gasteiger partial charge in [-0.2, -0.15) is 0 Å². The average Bonchev–Trinajstić information content (AvgIpc) is 3.03. The molecular formula is C13H16N2O3. The summed E-state index contributed by atoms with van der Waals surface area (Å²) in [5.74, 6) is 0.159. The predicted molar refractivity (Wildman–Crippen MR) is 66.4 cm³/mol. The lowest BCUT2D eigenvalue weighted by Crippen LogP contribution is -2.17. The zero-order valence-electron chi connectivity index (χ0n) is 10.8. The molecule has 5 heteroatoms. The number of hydrogen-bond acceptors (Lipinski definition) is 4. The second-order valence-electron chi connectivity index (χ2n) is 5.13. The zero-order valence-corrected chi connectivity index (χ0v) is 10.8. The van der Waals surface area contributed by atoms with E-state index in [1.54, 1.807) is 20.8 Å². The van der Waals surface area contributed by atoms with Crippen LogP contribution in [0.15, 0.2) is 6.20 Å². The number of carbonyl (C=O) groups excluding carboxylic acids is 1. The van der Waals surface area contributed by atoms with Crippen LogP contribution >= 0.6 is 0 Å². The molecule has 18 heavy (non-hydrogen) atoms. The normalized spacial score (nSPS) is 16.4. The molecule has 0 unspecified atom stereocenters. The maximum Gasteiger partial charge on any atom is 0.278 e. The highest BCUT2D eigenvalue weighted by Crippen LogP contribution is 2.49. The fraction of sp³-hybridized carbons (Fsp3) is 0.538. The summed E-state index contributed by atoms with van der Waals surface area (Å²) in [5.41, 5.74) is 1.65. The van der Waals surface area contributed by atoms with Gasteiger partial charge in [0.1, 0.15) is 5.78 Å². The van der Waals surface area contributed by atoms with Gasteiger partial charge in [0, 0.05) is 29.2 Å². The van der Waals surface area contributed by atoms with Crippen LogP contribution in [0.4, 0.5) is 5.69 Å². The van der Waals surface area contributed by atoms with Gasteiger partial charge in [-0.3, -0.25) is 19.9 Å². The van der Waals surface area contributed by atoms with Gasteiger partial charge in [0.05, 0.1) is 10.6 Å². The molecule has 0 amide bonds. The zero-order chi connectivity index (χ0) is 13.5. The highest BCUT2D eigenvalue weighted by molar-refractivity contribution is 5.85. The number of nitrogens with zero attached hydrogens (tertiary/aromatic N) is 2. The molecule has 0 aromatic carbocycles. The van der Waals surface area contributed by atoms with Crippen LogP contribution in [0, 0.1) is 29.4 Å². The molecule has 1 fully saturated rings. The molecule has 2 rings (SSSR count). The lowest BCUT2D eigenvalue weighted by molar-refractivity contribution is -0.386. The van der Waals surface area contributed by atoms with Crippen molar-refractivity contribution in [1.82, 2.24) is 4.98 Å². The maximum absolute atomic E-state index is 11.6. The molecule has 0 spiro atoms. The minimum absolute atomic E-state index is 0.124. The van der Waals surface area contributed by atoms with Crippen molar-refractivity contribution in [3.8, 4) is 0 Å². The number of nitro groups is 1. The Kier molecular flexibility index (Phi) is 2.92. The Morgan fingerprint density at radius 3 is 2.56 bits per heavy atom. The Morgan fingerprint density at radius 2 is 2.11 bits per heavy atom. The first kappa shape index (κ1) is 12.7. The van der Waals surface area contributed by atoms with Crippen molar-refractivity contribution in [3.05, 3.63) is 33.1 Å². The highest BCUT2D eigenvalue weighted by Gasteiger charge is 2.47. The fourth-order valence-corrected chi connectivity index (χ4v) is 2.35. The molecule has 0 N–H and O–H groups in total. The summed E-state index contributed by atoms with van der Waals surface area (Å²) in [5, 5.41) is 11.0. The van der Waals surface area contributed by atoms with Crippen molar-refractivity contribution in [1.29, 1.82) is 0 Å². The molecule has 1 saturated carbocycles. The van der Waals surface area contributed by atoms with Gasteiger partial charge in [0.2, 0.25) is 0 Å². The lowest BCUT2D eigenvalue weighted by Gasteiger charge is -2.13. The number of aromatic nitrogens is 1. The summed E-state index contributed by atoms with van der Waals surface area (Å²) in [6, 6.07) is 0. The number of rotatable bonds is 4. The molecule has 0 atom stereocenters. The van der Waals surface area contributed by atoms with Gasteiger partial charge in [-0.1, -0.05) is 0 Å². The van der Waals surface area contributed by atoms with E-state index in [9.17, 15) is 14.9 Å². The van der Waals surface area contributed by atoms with Crippen molar-refractivity contribution >= 4 is 11.5 Å². The second kappa shape index (κ2) is 4.15. The van der Waals surface area contributed by atoms with E-state index in [4.69, 9.17) is 0 Å². The molecule has 96 valence electrons. The molecule has 0 radical (unpaired) electrons. The topological polar surface area (TPSA) is 73.1 Å². The smallest absolute Gasteiger partial charge is 0.278 e. The Morgan fingerprint density at radius 1 is 1.50 bits per heavy atom. The summed E-state index contributed by atoms with van der Waals surface area (Å²) in [6.07, 6.45) is 3.78. The van der Waals surface area contributed by atoms with E-state index in [2.05, 4.69) is 4.98 Å². The molecular weight excluding hydrogens is 232 g/mol. The Balaban J connectivity index is 2.39. The molecule has 1 aliphatic rings. The van der Waals surface area contributed by atoms with Crippen LogP contribution in [0.25, 0.3) is 0 Å². The van der Waals surface area contributed by atoms with E-state index in [0.29, 0.717) is 23.2 Å². The van der Waals surface area contributed by atoms with E-state index in [-0.39, 0.29) is 21.8 Å². The second-order valence-corrected chi connectivity index (χ2v) is 5.13. The van der Waals surface area contributed by atoms with Crippen LogP contribution in [0.2, 0.25) is 0 Å². The first-order valence-corrected chi connectivity index (χ1v) is 5.98. The summed E-state index contributed by atoms with van der Waals surface area (Å²) in [4.78, 5) is 26.5. The van der Waals surface area contributed by atoms with Crippen LogP contribution in [-0.4, -0.2) is 15.7 Å². The van der Waals surface area contributed by atoms with E-state index >= 15 is 0 Å². The third kappa shape index (κ3) is 2.00. The van der Waals surface area contributed by atoms with Gasteiger partial charge >= 0.3 is 0 Å². The van der Waals surface area contributed by atoms with Gasteiger partial charge in [-0.05, 0) is 33.6 Å². The number of carbonyl (C=O) groups is 1. The first-order chi connectivity index (χ1) is 8.37. The molecule has 0 aliphatic heterocycles. The molecule has 1 aromatic heterocycles. The summed E-state index contributed by atoms with van der Waals surface area (Å²) >= 11 is 0. The van der Waals surface area contributed by atoms with E-state index < -0.39 is 0 Å². The minimum Gasteiger partial charge on any atom is -0.299 e. The largest absolute Gasteiger partial charge is 0.299 e. The maximum atomic E-state index is 11.6. The SMILES string of the molecule is CC(=O)C1(Cc2ncc(C)c([N+](=O)[O-])c2C)CC1. The van der Waals surface area contributed by atoms with Crippen molar-refractivity contribution in [2.45, 2.75) is 40.0 Å². The monoisotopic (exact) mass is 248 g/mol. The molecule has 1 aromatic rings. The van der Waals surface area contributed by atoms with Gasteiger partial charge in [-0.25, -0.2) is 0 Å². The Hall–Kier alpha value is -1.78. The first-order valence-electron chi connectivity index (χ1n) is 5.98. The van der Waals surface area contributed by atoms with Crippen molar-refractivity contribution in [2.75, 3.05) is 0 Å². The third-order valence-corrected chi connectivity index (χ3v) is 3.86. The number of Topliss-reactive ketones (excluding diaryl/α,β-unsaturated/α-hetero) is 1. The summed E-state index contributed by atoms with van der Waals surface area (Å²) in [7, 11) is 0. The van der Waals surface area contributed by atoms with Gasteiger partial charge in [0.15, 0.2) is 0 Å². The minimum atomic E-state index is -0.372. The summed E-state index contributed by atoms with van der Waals surface area (Å²) in [6.45, 7) is 4.98. The molecule has 5 nitrogen and oxygen atoms in total. The van der Waals surface area contributed by atoms with Crippen LogP contribution in [0.3, 0.4) is 0 Å². The van der Waals surface area contributed by atoms with Crippen LogP contribution in [-0.2, 0) is 11.2 Å². The predicted octanol–water partition coefficient (Wildman–Crippen LogP) is 2.52. The summed E-state index contributed by atoms with van der Waals surface area (Å²) < 4.78 is 0. The number of aryl methyl sites for hydroxylation is 1. The molecule has 0 saturated heterocycles. The number of hydrogen-bond donors (Lipinski definition) is 0. The van der Waals surface area contributed by atoms with Crippen molar-refractivity contribution in [3.63, 3.8) is 0 Å². The van der Waals surface area contributed by atoms with Crippen LogP contribution in [0.1, 0.15) is 36.6 Å². The van der Waals surface area contributed by atoms with Crippen molar-refractivity contribution in [2.24, 2.45) is 5.41 Å². The van der Waals surface area contributed by atoms with E-state index in [0.717, 1.165) is 12.8 Å². The van der Waals surface area contributed by atoms with Crippen LogP contribution in [0.5, 0.6) is 0 Å². The van der Waals surface area contributed by atoms with E-state index in [1.165, 1.54) is 6.20 Å². The molecule has 1 heterocycles. The average molecular weight is 248 g/mol. The number of ketones is 1. The lowest BCUT2D eigenvalue weighted by atomic mass is 9.93. The quantitative estimate of drug-likeness (QED) is 0.606. The van der Waals surface area contributed by atoms with Gasteiger partial charge < -0.3 is 0 Å². The van der Waals surface area contributed by atoms with E-state index in [1.807, 2.05) is 0 Å². The Bertz CT molecular complexity index is 533. The van der Waals surface area contributed by atoms with Gasteiger partial charge in [-0.15, -0.1) is 0 Å². The Labute approximate surface area is 105 Å².